The molecule has 1 atom stereocenters. The summed E-state index contributed by atoms with van der Waals surface area (Å²) in [6, 6.07) is 4.96. The zero-order chi connectivity index (χ0) is 18.0. The van der Waals surface area contributed by atoms with Gasteiger partial charge in [-0.25, -0.2) is 9.97 Å². The first-order chi connectivity index (χ1) is 12.0. The number of hydrogen-bond acceptors (Lipinski definition) is 6. The summed E-state index contributed by atoms with van der Waals surface area (Å²) in [6.07, 6.45) is 3.48. The van der Waals surface area contributed by atoms with E-state index in [0.29, 0.717) is 24.4 Å². The van der Waals surface area contributed by atoms with Gasteiger partial charge in [-0.05, 0) is 31.5 Å². The Kier molecular flexibility index (Phi) is 4.48. The average molecular weight is 342 g/mol. The van der Waals surface area contributed by atoms with Gasteiger partial charge in [-0.2, -0.15) is 0 Å². The molecule has 0 aliphatic carbocycles. The number of furan rings is 1. The van der Waals surface area contributed by atoms with Gasteiger partial charge in [0.05, 0.1) is 6.26 Å². The minimum atomic E-state index is -0.727. The molecule has 3 aromatic heterocycles. The normalized spacial score (nSPS) is 12.2. The van der Waals surface area contributed by atoms with Crippen LogP contribution in [0.15, 0.2) is 35.2 Å². The fraction of sp³-hybridized carbons (Fsp3) is 0.250. The van der Waals surface area contributed by atoms with Crippen molar-refractivity contribution in [3.05, 3.63) is 42.2 Å². The van der Waals surface area contributed by atoms with E-state index in [0.717, 1.165) is 0 Å². The van der Waals surface area contributed by atoms with Crippen molar-refractivity contribution in [1.29, 1.82) is 0 Å². The van der Waals surface area contributed by atoms with E-state index in [1.807, 2.05) is 6.92 Å². The Hall–Kier alpha value is -3.20. The van der Waals surface area contributed by atoms with E-state index in [2.05, 4.69) is 15.3 Å². The van der Waals surface area contributed by atoms with Crippen LogP contribution in [-0.4, -0.2) is 38.8 Å². The van der Waals surface area contributed by atoms with E-state index in [4.69, 9.17) is 15.9 Å². The highest BCUT2D eigenvalue weighted by atomic mass is 16.3. The predicted molar refractivity (Wildman–Crippen MR) is 89.8 cm³/mol. The number of amides is 2. The molecule has 0 aliphatic rings. The largest absolute Gasteiger partial charge is 0.463 e. The number of hydrogen-bond donors (Lipinski definition) is 3. The van der Waals surface area contributed by atoms with Crippen molar-refractivity contribution in [1.82, 2.24) is 19.7 Å². The summed E-state index contributed by atoms with van der Waals surface area (Å²) < 4.78 is 6.76. The molecule has 130 valence electrons. The lowest BCUT2D eigenvalue weighted by Crippen LogP contribution is -2.30. The van der Waals surface area contributed by atoms with Gasteiger partial charge in [0.25, 0.3) is 11.8 Å². The third-order valence-electron chi connectivity index (χ3n) is 3.63. The quantitative estimate of drug-likeness (QED) is 0.597. The molecule has 0 saturated carbocycles. The molecule has 2 amide bonds. The van der Waals surface area contributed by atoms with Crippen molar-refractivity contribution in [2.75, 3.05) is 6.54 Å². The zero-order valence-electron chi connectivity index (χ0n) is 13.6. The van der Waals surface area contributed by atoms with Gasteiger partial charge in [-0.1, -0.05) is 0 Å². The molecule has 3 rings (SSSR count). The molecule has 9 heteroatoms. The van der Waals surface area contributed by atoms with E-state index < -0.39 is 5.91 Å². The lowest BCUT2D eigenvalue weighted by atomic mass is 10.2. The third-order valence-corrected chi connectivity index (χ3v) is 3.63. The first-order valence-corrected chi connectivity index (χ1v) is 7.73. The molecule has 0 radical (unpaired) electrons. The Labute approximate surface area is 143 Å². The van der Waals surface area contributed by atoms with Crippen LogP contribution in [0.3, 0.4) is 0 Å². The predicted octanol–water partition coefficient (Wildman–Crippen LogP) is 0.555. The smallest absolute Gasteiger partial charge is 0.271 e. The maximum Gasteiger partial charge on any atom is 0.271 e. The van der Waals surface area contributed by atoms with Crippen LogP contribution in [-0.2, 0) is 0 Å². The lowest BCUT2D eigenvalue weighted by Gasteiger charge is -2.10. The summed E-state index contributed by atoms with van der Waals surface area (Å²) in [5.74, 6) is -0.604. The molecule has 5 N–H and O–H groups in total. The molecule has 9 nitrogen and oxygen atoms in total. The minimum absolute atomic E-state index is 0.0157. The lowest BCUT2D eigenvalue weighted by molar-refractivity contribution is 0.0944. The summed E-state index contributed by atoms with van der Waals surface area (Å²) in [5.41, 5.74) is 11.9. The molecule has 25 heavy (non-hydrogen) atoms. The van der Waals surface area contributed by atoms with Gasteiger partial charge < -0.3 is 21.2 Å². The van der Waals surface area contributed by atoms with E-state index in [-0.39, 0.29) is 29.0 Å². The van der Waals surface area contributed by atoms with Crippen molar-refractivity contribution in [2.24, 2.45) is 11.5 Å². The molecule has 3 heterocycles. The standard InChI is InChI=1S/C16H18N6O3/c1-9(17)4-5-19-16(24)11-7-10(12-3-2-6-25-12)21-15-13(14(18)23)20-8-22(11)15/h2-3,6-9H,4-5,17H2,1H3,(H2,18,23)(H,19,24). The molecule has 0 aliphatic heterocycles. The van der Waals surface area contributed by atoms with Gasteiger partial charge in [0.2, 0.25) is 0 Å². The van der Waals surface area contributed by atoms with Crippen molar-refractivity contribution in [3.8, 4) is 11.5 Å². The van der Waals surface area contributed by atoms with Crippen molar-refractivity contribution >= 4 is 17.5 Å². The van der Waals surface area contributed by atoms with Gasteiger partial charge in [-0.3, -0.25) is 14.0 Å². The van der Waals surface area contributed by atoms with Crippen LogP contribution in [0.5, 0.6) is 0 Å². The Morgan fingerprint density at radius 3 is 2.88 bits per heavy atom. The highest BCUT2D eigenvalue weighted by Crippen LogP contribution is 2.21. The molecule has 0 spiro atoms. The van der Waals surface area contributed by atoms with Gasteiger partial charge in [-0.15, -0.1) is 0 Å². The van der Waals surface area contributed by atoms with E-state index in [1.54, 1.807) is 18.2 Å². The number of nitrogens with zero attached hydrogens (tertiary/aromatic N) is 3. The van der Waals surface area contributed by atoms with Crippen molar-refractivity contribution < 1.29 is 14.0 Å². The molecule has 0 aromatic carbocycles. The second kappa shape index (κ2) is 6.73. The summed E-state index contributed by atoms with van der Waals surface area (Å²) in [6.45, 7) is 2.29. The fourth-order valence-corrected chi connectivity index (χ4v) is 2.37. The van der Waals surface area contributed by atoms with Crippen LogP contribution in [0.2, 0.25) is 0 Å². The van der Waals surface area contributed by atoms with E-state index >= 15 is 0 Å². The van der Waals surface area contributed by atoms with Crippen LogP contribution >= 0.6 is 0 Å². The first-order valence-electron chi connectivity index (χ1n) is 7.73. The second-order valence-electron chi connectivity index (χ2n) is 5.68. The van der Waals surface area contributed by atoms with Crippen LogP contribution in [0.1, 0.15) is 34.3 Å². The molecule has 1 unspecified atom stereocenters. The van der Waals surface area contributed by atoms with Gasteiger partial charge in [0.15, 0.2) is 17.1 Å². The van der Waals surface area contributed by atoms with E-state index in [9.17, 15) is 9.59 Å². The molecule has 0 fully saturated rings. The fourth-order valence-electron chi connectivity index (χ4n) is 2.37. The van der Waals surface area contributed by atoms with Gasteiger partial charge in [0.1, 0.15) is 17.7 Å². The summed E-state index contributed by atoms with van der Waals surface area (Å²) in [7, 11) is 0. The van der Waals surface area contributed by atoms with Crippen LogP contribution in [0.25, 0.3) is 17.1 Å². The van der Waals surface area contributed by atoms with Gasteiger partial charge >= 0.3 is 0 Å². The molecule has 3 aromatic rings. The first kappa shape index (κ1) is 16.7. The maximum atomic E-state index is 12.6. The number of imidazole rings is 1. The minimum Gasteiger partial charge on any atom is -0.463 e. The Balaban J connectivity index is 2.06. The van der Waals surface area contributed by atoms with Crippen molar-refractivity contribution in [3.63, 3.8) is 0 Å². The number of aromatic nitrogens is 3. The van der Waals surface area contributed by atoms with E-state index in [1.165, 1.54) is 17.0 Å². The number of primary amides is 1. The number of nitrogens with two attached hydrogens (primary N) is 2. The summed E-state index contributed by atoms with van der Waals surface area (Å²) in [5, 5.41) is 2.79. The number of carbonyl (C=O) groups excluding carboxylic acids is 2. The highest BCUT2D eigenvalue weighted by Gasteiger charge is 2.20. The molecular formula is C16H18N6O3. The molecular weight excluding hydrogens is 324 g/mol. The average Bonchev–Trinajstić information content (AvgIpc) is 3.22. The molecule has 0 saturated heterocycles. The van der Waals surface area contributed by atoms with Crippen molar-refractivity contribution in [2.45, 2.75) is 19.4 Å². The zero-order valence-corrected chi connectivity index (χ0v) is 13.6. The monoisotopic (exact) mass is 342 g/mol. The van der Waals surface area contributed by atoms with Crippen LogP contribution < -0.4 is 16.8 Å². The SMILES string of the molecule is CC(N)CCNC(=O)c1cc(-c2ccco2)nc2c(C(N)=O)ncn12. The highest BCUT2D eigenvalue weighted by molar-refractivity contribution is 5.99. The topological polar surface area (TPSA) is 142 Å². The number of carbonyl (C=O) groups is 2. The third kappa shape index (κ3) is 3.36. The number of fused-ring (bicyclic) bond motifs is 1. The summed E-state index contributed by atoms with van der Waals surface area (Å²) in [4.78, 5) is 32.5. The number of rotatable bonds is 6. The summed E-state index contributed by atoms with van der Waals surface area (Å²) >= 11 is 0. The Bertz CT molecular complexity index is 913. The van der Waals surface area contributed by atoms with Crippen LogP contribution in [0, 0.1) is 0 Å². The van der Waals surface area contributed by atoms with Crippen LogP contribution in [0.4, 0.5) is 0 Å². The van der Waals surface area contributed by atoms with Gasteiger partial charge in [0, 0.05) is 12.6 Å². The molecule has 0 bridgehead atoms. The Morgan fingerprint density at radius 1 is 1.44 bits per heavy atom. The maximum absolute atomic E-state index is 12.6. The number of nitrogens with one attached hydrogen (secondary N) is 1. The Morgan fingerprint density at radius 2 is 2.24 bits per heavy atom. The second-order valence-corrected chi connectivity index (χ2v) is 5.68.